The van der Waals surface area contributed by atoms with E-state index in [-0.39, 0.29) is 0 Å². The Labute approximate surface area is 99.7 Å². The highest BCUT2D eigenvalue weighted by atomic mass is 127. The van der Waals surface area contributed by atoms with E-state index in [9.17, 15) is 9.59 Å². The maximum Gasteiger partial charge on any atom is 0.358 e. The summed E-state index contributed by atoms with van der Waals surface area (Å²) < 4.78 is 11.1. The van der Waals surface area contributed by atoms with E-state index in [1.165, 1.54) is 18.0 Å². The summed E-state index contributed by atoms with van der Waals surface area (Å²) in [4.78, 5) is 22.2. The van der Waals surface area contributed by atoms with Gasteiger partial charge in [0.1, 0.15) is 0 Å². The van der Waals surface area contributed by atoms with Crippen molar-refractivity contribution in [3.05, 3.63) is 15.5 Å². The number of esters is 2. The average Bonchev–Trinajstić information content (AvgIpc) is 2.54. The van der Waals surface area contributed by atoms with Gasteiger partial charge in [0.2, 0.25) is 0 Å². The lowest BCUT2D eigenvalue weighted by Gasteiger charge is -2.03. The van der Waals surface area contributed by atoms with Crippen molar-refractivity contribution in [2.75, 3.05) is 13.7 Å². The molecule has 0 aliphatic heterocycles. The minimum absolute atomic E-state index is 0.319. The van der Waals surface area contributed by atoms with Crippen LogP contribution >= 0.6 is 22.6 Å². The van der Waals surface area contributed by atoms with Crippen molar-refractivity contribution in [3.63, 3.8) is 0 Å². The number of carbonyl (C=O) groups excluding carboxylic acids is 2. The molecule has 0 N–H and O–H groups in total. The third-order valence-electron chi connectivity index (χ3n) is 1.64. The van der Waals surface area contributed by atoms with Crippen LogP contribution in [0.5, 0.6) is 0 Å². The lowest BCUT2D eigenvalue weighted by molar-refractivity contribution is -0.144. The first-order valence-corrected chi connectivity index (χ1v) is 5.05. The molecule has 1 rings (SSSR count). The number of methoxy groups -OCH3 is 1. The summed E-state index contributed by atoms with van der Waals surface area (Å²) in [5.74, 6) is -1.19. The molecule has 0 atom stereocenters. The zero-order chi connectivity index (χ0) is 11.4. The van der Waals surface area contributed by atoms with Crippen molar-refractivity contribution in [2.45, 2.75) is 0 Å². The zero-order valence-electron chi connectivity index (χ0n) is 8.19. The summed E-state index contributed by atoms with van der Waals surface area (Å²) in [5, 5.41) is 3.88. The van der Waals surface area contributed by atoms with Crippen LogP contribution in [0.2, 0.25) is 0 Å². The fourth-order valence-corrected chi connectivity index (χ4v) is 1.59. The number of carbonyl (C=O) groups is 2. The standard InChI is InChI=1S/C8H9IN2O4/c1-11-7(5(9)3-10-11)8(13)15-4-6(12)14-2/h3H,4H2,1-2H3. The highest BCUT2D eigenvalue weighted by Gasteiger charge is 2.17. The van der Waals surface area contributed by atoms with Crippen molar-refractivity contribution in [1.29, 1.82) is 0 Å². The Morgan fingerprint density at radius 3 is 2.73 bits per heavy atom. The van der Waals surface area contributed by atoms with Gasteiger partial charge in [0, 0.05) is 7.05 Å². The first-order chi connectivity index (χ1) is 7.06. The normalized spacial score (nSPS) is 9.80. The van der Waals surface area contributed by atoms with Gasteiger partial charge < -0.3 is 9.47 Å². The van der Waals surface area contributed by atoms with Crippen LogP contribution in [0.3, 0.4) is 0 Å². The Balaban J connectivity index is 2.66. The number of hydrogen-bond donors (Lipinski definition) is 0. The number of halogens is 1. The van der Waals surface area contributed by atoms with Gasteiger partial charge in [0.25, 0.3) is 0 Å². The molecule has 0 aliphatic rings. The molecule has 0 saturated carbocycles. The smallest absolute Gasteiger partial charge is 0.358 e. The van der Waals surface area contributed by atoms with Gasteiger partial charge in [-0.1, -0.05) is 0 Å². The summed E-state index contributed by atoms with van der Waals surface area (Å²) in [6.45, 7) is -0.392. The Morgan fingerprint density at radius 1 is 1.60 bits per heavy atom. The van der Waals surface area contributed by atoms with E-state index in [4.69, 9.17) is 4.74 Å². The van der Waals surface area contributed by atoms with Gasteiger partial charge in [-0.05, 0) is 22.6 Å². The summed E-state index contributed by atoms with van der Waals surface area (Å²) in [5.41, 5.74) is 0.319. The van der Waals surface area contributed by atoms with Crippen LogP contribution in [0, 0.1) is 3.57 Å². The monoisotopic (exact) mass is 324 g/mol. The molecule has 0 spiro atoms. The summed E-state index contributed by atoms with van der Waals surface area (Å²) in [6.07, 6.45) is 1.54. The Kier molecular flexibility index (Phi) is 4.06. The summed E-state index contributed by atoms with van der Waals surface area (Å²) >= 11 is 1.96. The van der Waals surface area contributed by atoms with Gasteiger partial charge in [0.15, 0.2) is 12.3 Å². The molecule has 1 aromatic heterocycles. The van der Waals surface area contributed by atoms with Gasteiger partial charge in [0.05, 0.1) is 16.9 Å². The van der Waals surface area contributed by atoms with Gasteiger partial charge >= 0.3 is 11.9 Å². The Morgan fingerprint density at radius 2 is 2.27 bits per heavy atom. The first kappa shape index (κ1) is 12.0. The van der Waals surface area contributed by atoms with Crippen LogP contribution in [-0.4, -0.2) is 35.4 Å². The van der Waals surface area contributed by atoms with E-state index in [0.717, 1.165) is 0 Å². The SMILES string of the molecule is COC(=O)COC(=O)c1c(I)cnn1C. The van der Waals surface area contributed by atoms with Crippen LogP contribution in [0.1, 0.15) is 10.5 Å². The molecular weight excluding hydrogens is 315 g/mol. The zero-order valence-corrected chi connectivity index (χ0v) is 10.3. The number of aryl methyl sites for hydroxylation is 1. The van der Waals surface area contributed by atoms with Crippen LogP contribution in [0.4, 0.5) is 0 Å². The molecule has 0 amide bonds. The number of ether oxygens (including phenoxy) is 2. The molecule has 0 aromatic carbocycles. The van der Waals surface area contributed by atoms with Crippen molar-refractivity contribution in [1.82, 2.24) is 9.78 Å². The average molecular weight is 324 g/mol. The van der Waals surface area contributed by atoms with Crippen molar-refractivity contribution in [3.8, 4) is 0 Å². The van der Waals surface area contributed by atoms with E-state index in [2.05, 4.69) is 9.84 Å². The molecule has 0 saturated heterocycles. The van der Waals surface area contributed by atoms with E-state index in [0.29, 0.717) is 9.26 Å². The van der Waals surface area contributed by atoms with Crippen LogP contribution in [-0.2, 0) is 21.3 Å². The maximum absolute atomic E-state index is 11.5. The number of aromatic nitrogens is 2. The van der Waals surface area contributed by atoms with Crippen molar-refractivity contribution < 1.29 is 19.1 Å². The van der Waals surface area contributed by atoms with E-state index in [1.54, 1.807) is 7.05 Å². The quantitative estimate of drug-likeness (QED) is 0.593. The van der Waals surface area contributed by atoms with E-state index < -0.39 is 18.5 Å². The summed E-state index contributed by atoms with van der Waals surface area (Å²) in [7, 11) is 2.85. The second kappa shape index (κ2) is 5.10. The number of nitrogens with zero attached hydrogens (tertiary/aromatic N) is 2. The molecule has 0 radical (unpaired) electrons. The molecule has 0 fully saturated rings. The lowest BCUT2D eigenvalue weighted by Crippen LogP contribution is -2.18. The molecular formula is C8H9IN2O4. The van der Waals surface area contributed by atoms with Crippen molar-refractivity contribution >= 4 is 34.5 Å². The van der Waals surface area contributed by atoms with E-state index >= 15 is 0 Å². The van der Waals surface area contributed by atoms with Gasteiger partial charge in [-0.15, -0.1) is 0 Å². The maximum atomic E-state index is 11.5. The van der Waals surface area contributed by atoms with E-state index in [1.807, 2.05) is 22.6 Å². The third-order valence-corrected chi connectivity index (χ3v) is 2.43. The second-order valence-electron chi connectivity index (χ2n) is 2.62. The second-order valence-corrected chi connectivity index (χ2v) is 3.78. The van der Waals surface area contributed by atoms with Gasteiger partial charge in [-0.2, -0.15) is 5.10 Å². The lowest BCUT2D eigenvalue weighted by atomic mass is 10.4. The fraction of sp³-hybridized carbons (Fsp3) is 0.375. The molecule has 1 aromatic rings. The number of hydrogen-bond acceptors (Lipinski definition) is 5. The highest BCUT2D eigenvalue weighted by Crippen LogP contribution is 2.11. The minimum Gasteiger partial charge on any atom is -0.466 e. The van der Waals surface area contributed by atoms with Gasteiger partial charge in [-0.25, -0.2) is 9.59 Å². The molecule has 82 valence electrons. The predicted molar refractivity (Wildman–Crippen MR) is 58.2 cm³/mol. The number of rotatable bonds is 3. The topological polar surface area (TPSA) is 70.4 Å². The molecule has 0 bridgehead atoms. The molecule has 6 nitrogen and oxygen atoms in total. The Bertz CT molecular complexity index is 368. The molecule has 0 aliphatic carbocycles. The first-order valence-electron chi connectivity index (χ1n) is 3.97. The fourth-order valence-electron chi connectivity index (χ4n) is 0.892. The van der Waals surface area contributed by atoms with Gasteiger partial charge in [-0.3, -0.25) is 4.68 Å². The minimum atomic E-state index is -0.597. The van der Waals surface area contributed by atoms with Crippen LogP contribution < -0.4 is 0 Å². The van der Waals surface area contributed by atoms with Crippen molar-refractivity contribution in [2.24, 2.45) is 7.05 Å². The third kappa shape index (κ3) is 2.91. The molecule has 1 heterocycles. The summed E-state index contributed by atoms with van der Waals surface area (Å²) in [6, 6.07) is 0. The predicted octanol–water partition coefficient (Wildman–Crippen LogP) is 0.354. The van der Waals surface area contributed by atoms with Crippen LogP contribution in [0.25, 0.3) is 0 Å². The molecule has 0 unspecified atom stereocenters. The van der Waals surface area contributed by atoms with Crippen LogP contribution in [0.15, 0.2) is 6.20 Å². The molecule has 7 heteroatoms. The Hall–Kier alpha value is -1.12. The largest absolute Gasteiger partial charge is 0.466 e. The molecule has 15 heavy (non-hydrogen) atoms. The highest BCUT2D eigenvalue weighted by molar-refractivity contribution is 14.1.